The number of hydrogen-bond donors (Lipinski definition) is 0. The molecular weight excluding hydrogens is 178 g/mol. The number of fused-ring (bicyclic) bond motifs is 1. The zero-order chi connectivity index (χ0) is 9.97. The SMILES string of the molecule is CN(CC#N)c1ccc2ncoc2c1. The molecule has 0 unspecified atom stereocenters. The van der Waals surface area contributed by atoms with Crippen molar-refractivity contribution in [1.82, 2.24) is 4.98 Å². The van der Waals surface area contributed by atoms with E-state index in [4.69, 9.17) is 9.68 Å². The third kappa shape index (κ3) is 1.40. The molecule has 1 aromatic carbocycles. The minimum absolute atomic E-state index is 0.361. The minimum Gasteiger partial charge on any atom is -0.443 e. The molecule has 0 saturated carbocycles. The molecule has 70 valence electrons. The highest BCUT2D eigenvalue weighted by Crippen LogP contribution is 2.19. The summed E-state index contributed by atoms with van der Waals surface area (Å²) in [5.41, 5.74) is 2.53. The number of rotatable bonds is 2. The summed E-state index contributed by atoms with van der Waals surface area (Å²) in [6.45, 7) is 0.361. The van der Waals surface area contributed by atoms with E-state index in [1.807, 2.05) is 30.1 Å². The second-order valence-corrected chi connectivity index (χ2v) is 3.02. The highest BCUT2D eigenvalue weighted by molar-refractivity contribution is 5.77. The summed E-state index contributed by atoms with van der Waals surface area (Å²) in [6, 6.07) is 7.76. The second-order valence-electron chi connectivity index (χ2n) is 3.02. The fraction of sp³-hybridized carbons (Fsp3) is 0.200. The van der Waals surface area contributed by atoms with E-state index in [0.717, 1.165) is 16.8 Å². The fourth-order valence-electron chi connectivity index (χ4n) is 1.28. The molecule has 0 bridgehead atoms. The Morgan fingerprint density at radius 3 is 3.21 bits per heavy atom. The monoisotopic (exact) mass is 187 g/mol. The van der Waals surface area contributed by atoms with Crippen molar-refractivity contribution in [2.75, 3.05) is 18.5 Å². The molecule has 0 amide bonds. The predicted octanol–water partition coefficient (Wildman–Crippen LogP) is 1.79. The van der Waals surface area contributed by atoms with Crippen molar-refractivity contribution < 1.29 is 4.42 Å². The van der Waals surface area contributed by atoms with Gasteiger partial charge < -0.3 is 9.32 Å². The standard InChI is InChI=1S/C10H9N3O/c1-13(5-4-11)8-2-3-9-10(6-8)14-7-12-9/h2-3,6-7H,5H2,1H3. The van der Waals surface area contributed by atoms with Gasteiger partial charge in [0.2, 0.25) is 0 Å². The molecule has 0 aliphatic heterocycles. The Morgan fingerprint density at radius 1 is 1.57 bits per heavy atom. The van der Waals surface area contributed by atoms with Crippen LogP contribution in [-0.2, 0) is 0 Å². The summed E-state index contributed by atoms with van der Waals surface area (Å²) in [6.07, 6.45) is 1.42. The van der Waals surface area contributed by atoms with E-state index in [-0.39, 0.29) is 0 Å². The number of anilines is 1. The lowest BCUT2D eigenvalue weighted by molar-refractivity contribution is 0.602. The van der Waals surface area contributed by atoms with Crippen molar-refractivity contribution in [3.63, 3.8) is 0 Å². The van der Waals surface area contributed by atoms with Crippen LogP contribution < -0.4 is 4.90 Å². The molecule has 0 aliphatic rings. The molecule has 2 rings (SSSR count). The van der Waals surface area contributed by atoms with E-state index in [1.54, 1.807) is 0 Å². The van der Waals surface area contributed by atoms with E-state index in [1.165, 1.54) is 6.39 Å². The van der Waals surface area contributed by atoms with Gasteiger partial charge in [0, 0.05) is 18.8 Å². The Balaban J connectivity index is 2.39. The Morgan fingerprint density at radius 2 is 2.43 bits per heavy atom. The van der Waals surface area contributed by atoms with E-state index >= 15 is 0 Å². The highest BCUT2D eigenvalue weighted by atomic mass is 16.3. The van der Waals surface area contributed by atoms with Gasteiger partial charge in [0.1, 0.15) is 12.1 Å². The Labute approximate surface area is 81.4 Å². The average Bonchev–Trinajstić information content (AvgIpc) is 2.64. The number of nitrogens with zero attached hydrogens (tertiary/aromatic N) is 3. The van der Waals surface area contributed by atoms with Gasteiger partial charge in [-0.05, 0) is 12.1 Å². The number of hydrogen-bond acceptors (Lipinski definition) is 4. The van der Waals surface area contributed by atoms with Crippen molar-refractivity contribution in [1.29, 1.82) is 5.26 Å². The summed E-state index contributed by atoms with van der Waals surface area (Å²) in [7, 11) is 1.86. The third-order valence-electron chi connectivity index (χ3n) is 2.06. The Hall–Kier alpha value is -2.02. The minimum atomic E-state index is 0.361. The summed E-state index contributed by atoms with van der Waals surface area (Å²) < 4.78 is 5.17. The first kappa shape index (κ1) is 8.57. The molecule has 14 heavy (non-hydrogen) atoms. The van der Waals surface area contributed by atoms with Crippen LogP contribution in [0.4, 0.5) is 5.69 Å². The summed E-state index contributed by atoms with van der Waals surface area (Å²) in [4.78, 5) is 5.86. The van der Waals surface area contributed by atoms with Crippen LogP contribution in [0.2, 0.25) is 0 Å². The maximum Gasteiger partial charge on any atom is 0.181 e. The first-order valence-electron chi connectivity index (χ1n) is 4.22. The van der Waals surface area contributed by atoms with Gasteiger partial charge in [-0.25, -0.2) is 4.98 Å². The molecule has 0 saturated heterocycles. The van der Waals surface area contributed by atoms with Gasteiger partial charge in [0.25, 0.3) is 0 Å². The quantitative estimate of drug-likeness (QED) is 0.672. The lowest BCUT2D eigenvalue weighted by atomic mass is 10.2. The largest absolute Gasteiger partial charge is 0.443 e. The van der Waals surface area contributed by atoms with E-state index in [2.05, 4.69) is 11.1 Å². The third-order valence-corrected chi connectivity index (χ3v) is 2.06. The van der Waals surface area contributed by atoms with Crippen LogP contribution in [0.15, 0.2) is 29.0 Å². The predicted molar refractivity (Wildman–Crippen MR) is 52.9 cm³/mol. The van der Waals surface area contributed by atoms with Gasteiger partial charge in [-0.15, -0.1) is 0 Å². The van der Waals surface area contributed by atoms with Gasteiger partial charge in [-0.3, -0.25) is 0 Å². The molecular formula is C10H9N3O. The molecule has 0 N–H and O–H groups in total. The zero-order valence-electron chi connectivity index (χ0n) is 7.77. The van der Waals surface area contributed by atoms with E-state index in [0.29, 0.717) is 6.54 Å². The molecule has 1 aromatic heterocycles. The summed E-state index contributed by atoms with van der Waals surface area (Å²) in [5, 5.41) is 8.54. The number of benzene rings is 1. The molecule has 0 aliphatic carbocycles. The topological polar surface area (TPSA) is 53.1 Å². The Kier molecular flexibility index (Phi) is 2.07. The van der Waals surface area contributed by atoms with E-state index in [9.17, 15) is 0 Å². The van der Waals surface area contributed by atoms with E-state index < -0.39 is 0 Å². The highest BCUT2D eigenvalue weighted by Gasteiger charge is 2.03. The van der Waals surface area contributed by atoms with Gasteiger partial charge in [0.15, 0.2) is 12.0 Å². The van der Waals surface area contributed by atoms with Gasteiger partial charge in [0.05, 0.1) is 6.07 Å². The summed E-state index contributed by atoms with van der Waals surface area (Å²) in [5.74, 6) is 0. The van der Waals surface area contributed by atoms with Gasteiger partial charge in [-0.1, -0.05) is 0 Å². The van der Waals surface area contributed by atoms with Crippen LogP contribution in [0.1, 0.15) is 0 Å². The molecule has 1 heterocycles. The Bertz CT molecular complexity index is 483. The molecule has 4 heteroatoms. The van der Waals surface area contributed by atoms with Crippen LogP contribution >= 0.6 is 0 Å². The van der Waals surface area contributed by atoms with Crippen molar-refractivity contribution in [3.05, 3.63) is 24.6 Å². The van der Waals surface area contributed by atoms with Crippen molar-refractivity contribution in [2.45, 2.75) is 0 Å². The molecule has 0 atom stereocenters. The number of oxazole rings is 1. The maximum atomic E-state index is 8.54. The van der Waals surface area contributed by atoms with Crippen LogP contribution in [0.3, 0.4) is 0 Å². The molecule has 2 aromatic rings. The lowest BCUT2D eigenvalue weighted by Crippen LogP contribution is -2.16. The first-order valence-corrected chi connectivity index (χ1v) is 4.22. The second kappa shape index (κ2) is 3.38. The van der Waals surface area contributed by atoms with Gasteiger partial charge >= 0.3 is 0 Å². The first-order chi connectivity index (χ1) is 6.81. The smallest absolute Gasteiger partial charge is 0.181 e. The lowest BCUT2D eigenvalue weighted by Gasteiger charge is -2.14. The molecule has 0 radical (unpaired) electrons. The van der Waals surface area contributed by atoms with Crippen LogP contribution in [-0.4, -0.2) is 18.6 Å². The average molecular weight is 187 g/mol. The number of aromatic nitrogens is 1. The molecule has 0 spiro atoms. The normalized spacial score (nSPS) is 10.0. The fourth-order valence-corrected chi connectivity index (χ4v) is 1.28. The van der Waals surface area contributed by atoms with Crippen molar-refractivity contribution in [3.8, 4) is 6.07 Å². The van der Waals surface area contributed by atoms with Crippen LogP contribution in [0.5, 0.6) is 0 Å². The molecule has 4 nitrogen and oxygen atoms in total. The van der Waals surface area contributed by atoms with Crippen LogP contribution in [0, 0.1) is 11.3 Å². The number of nitriles is 1. The van der Waals surface area contributed by atoms with Crippen molar-refractivity contribution >= 4 is 16.8 Å². The summed E-state index contributed by atoms with van der Waals surface area (Å²) >= 11 is 0. The zero-order valence-corrected chi connectivity index (χ0v) is 7.77. The van der Waals surface area contributed by atoms with Crippen LogP contribution in [0.25, 0.3) is 11.1 Å². The molecule has 0 fully saturated rings. The van der Waals surface area contributed by atoms with Gasteiger partial charge in [-0.2, -0.15) is 5.26 Å². The van der Waals surface area contributed by atoms with Crippen molar-refractivity contribution in [2.24, 2.45) is 0 Å². The maximum absolute atomic E-state index is 8.54.